The van der Waals surface area contributed by atoms with Crippen LogP contribution in [-0.4, -0.2) is 25.3 Å². The lowest BCUT2D eigenvalue weighted by Gasteiger charge is -2.10. The van der Waals surface area contributed by atoms with Gasteiger partial charge in [0.1, 0.15) is 10.6 Å². The number of carbonyl (C=O) groups is 1. The number of benzene rings is 2. The first kappa shape index (κ1) is 18.4. The smallest absolute Gasteiger partial charge is 0.339 e. The van der Waals surface area contributed by atoms with Crippen molar-refractivity contribution in [2.24, 2.45) is 0 Å². The fourth-order valence-electron chi connectivity index (χ4n) is 2.04. The molecule has 0 bridgehead atoms. The van der Waals surface area contributed by atoms with Gasteiger partial charge in [0, 0.05) is 17.0 Å². The predicted molar refractivity (Wildman–Crippen MR) is 90.4 cm³/mol. The Morgan fingerprint density at radius 3 is 2.48 bits per heavy atom. The topological polar surface area (TPSA) is 116 Å². The van der Waals surface area contributed by atoms with Crippen LogP contribution in [0, 0.1) is 10.1 Å². The zero-order valence-corrected chi connectivity index (χ0v) is 14.1. The molecule has 0 radical (unpaired) electrons. The Morgan fingerprint density at radius 2 is 1.88 bits per heavy atom. The first-order chi connectivity index (χ1) is 11.8. The van der Waals surface area contributed by atoms with Gasteiger partial charge in [-0.25, -0.2) is 0 Å². The van der Waals surface area contributed by atoms with Crippen LogP contribution in [0.4, 0.5) is 5.69 Å². The zero-order valence-electron chi connectivity index (χ0n) is 13.3. The van der Waals surface area contributed by atoms with Gasteiger partial charge in [0.25, 0.3) is 11.9 Å². The summed E-state index contributed by atoms with van der Waals surface area (Å²) >= 11 is 0. The third kappa shape index (κ3) is 4.77. The predicted octanol–water partition coefficient (Wildman–Crippen LogP) is 2.45. The minimum absolute atomic E-state index is 0.0218. The molecule has 0 aliphatic rings. The first-order valence-electron chi connectivity index (χ1n) is 7.37. The molecule has 0 aliphatic carbocycles. The van der Waals surface area contributed by atoms with E-state index in [1.54, 1.807) is 18.2 Å². The van der Waals surface area contributed by atoms with E-state index < -0.39 is 27.0 Å². The maximum atomic E-state index is 12.3. The highest BCUT2D eigenvalue weighted by Crippen LogP contribution is 2.21. The Morgan fingerprint density at radius 1 is 1.20 bits per heavy atom. The van der Waals surface area contributed by atoms with Crippen LogP contribution in [0.3, 0.4) is 0 Å². The molecule has 0 heterocycles. The van der Waals surface area contributed by atoms with E-state index in [-0.39, 0.29) is 22.8 Å². The lowest BCUT2D eigenvalue weighted by Crippen LogP contribution is -2.34. The molecule has 0 aromatic heterocycles. The van der Waals surface area contributed by atoms with Gasteiger partial charge < -0.3 is 9.50 Å². The Kier molecular flexibility index (Phi) is 5.71. The Bertz CT molecular complexity index is 867. The number of para-hydroxylation sites is 1. The van der Waals surface area contributed by atoms with Crippen LogP contribution in [-0.2, 0) is 14.9 Å². The molecule has 2 aromatic rings. The summed E-state index contributed by atoms with van der Waals surface area (Å²) < 4.78 is 29.6. The lowest BCUT2D eigenvalue weighted by atomic mass is 10.2. The lowest BCUT2D eigenvalue weighted by molar-refractivity contribution is -0.507. The van der Waals surface area contributed by atoms with Gasteiger partial charge in [0.2, 0.25) is 0 Å². The van der Waals surface area contributed by atoms with Crippen LogP contribution >= 0.6 is 0 Å². The summed E-state index contributed by atoms with van der Waals surface area (Å²) in [5.41, 5.74) is 0.128. The van der Waals surface area contributed by atoms with Gasteiger partial charge in [-0.1, -0.05) is 31.2 Å². The SMILES string of the molecule is CCC(C(=O)Nc1cccc(S(=O)(=O)Oc2ccccc2)c1)[N+](=O)[O-]. The van der Waals surface area contributed by atoms with Gasteiger partial charge in [-0.05, 0) is 30.3 Å². The maximum absolute atomic E-state index is 12.3. The highest BCUT2D eigenvalue weighted by atomic mass is 32.2. The maximum Gasteiger partial charge on any atom is 0.339 e. The molecule has 0 fully saturated rings. The van der Waals surface area contributed by atoms with Crippen molar-refractivity contribution >= 4 is 21.7 Å². The quantitative estimate of drug-likeness (QED) is 0.458. The fourth-order valence-corrected chi connectivity index (χ4v) is 3.01. The van der Waals surface area contributed by atoms with Crippen molar-refractivity contribution in [1.29, 1.82) is 0 Å². The molecule has 9 heteroatoms. The molecule has 0 saturated carbocycles. The fraction of sp³-hybridized carbons (Fsp3) is 0.188. The van der Waals surface area contributed by atoms with Gasteiger partial charge in [0.15, 0.2) is 0 Å². The number of nitro groups is 1. The average molecular weight is 364 g/mol. The van der Waals surface area contributed by atoms with E-state index in [4.69, 9.17) is 4.18 Å². The molecule has 2 rings (SSSR count). The van der Waals surface area contributed by atoms with Gasteiger partial charge in [-0.3, -0.25) is 14.9 Å². The van der Waals surface area contributed by atoms with Crippen LogP contribution in [0.2, 0.25) is 0 Å². The van der Waals surface area contributed by atoms with Crippen molar-refractivity contribution in [1.82, 2.24) is 0 Å². The van der Waals surface area contributed by atoms with Crippen LogP contribution in [0.25, 0.3) is 0 Å². The van der Waals surface area contributed by atoms with Crippen molar-refractivity contribution < 1.29 is 22.3 Å². The summed E-state index contributed by atoms with van der Waals surface area (Å²) in [7, 11) is -4.10. The second-order valence-corrected chi connectivity index (χ2v) is 6.62. The molecular formula is C16H16N2O6S. The van der Waals surface area contributed by atoms with Crippen LogP contribution < -0.4 is 9.50 Å². The van der Waals surface area contributed by atoms with Crippen molar-refractivity contribution in [3.63, 3.8) is 0 Å². The van der Waals surface area contributed by atoms with Crippen molar-refractivity contribution in [3.8, 4) is 5.75 Å². The molecule has 132 valence electrons. The number of anilines is 1. The summed E-state index contributed by atoms with van der Waals surface area (Å²) in [5, 5.41) is 13.2. The van der Waals surface area contributed by atoms with E-state index in [1.807, 2.05) is 0 Å². The Hall–Kier alpha value is -2.94. The van der Waals surface area contributed by atoms with E-state index in [0.717, 1.165) is 0 Å². The third-order valence-electron chi connectivity index (χ3n) is 3.28. The van der Waals surface area contributed by atoms with E-state index >= 15 is 0 Å². The zero-order chi connectivity index (χ0) is 18.4. The van der Waals surface area contributed by atoms with E-state index in [2.05, 4.69) is 5.32 Å². The Labute approximate surface area is 144 Å². The molecule has 0 saturated heterocycles. The molecule has 1 atom stereocenters. The standard InChI is InChI=1S/C16H16N2O6S/c1-2-15(18(20)21)16(19)17-12-7-6-10-14(11-12)25(22,23)24-13-8-4-3-5-9-13/h3-11,15H,2H2,1H3,(H,17,19). The van der Waals surface area contributed by atoms with Crippen LogP contribution in [0.1, 0.15) is 13.3 Å². The van der Waals surface area contributed by atoms with Gasteiger partial charge >= 0.3 is 10.1 Å². The number of nitrogens with one attached hydrogen (secondary N) is 1. The second-order valence-electron chi connectivity index (χ2n) is 5.08. The summed E-state index contributed by atoms with van der Waals surface area (Å²) in [4.78, 5) is 21.9. The number of hydrogen-bond donors (Lipinski definition) is 1. The summed E-state index contributed by atoms with van der Waals surface area (Å²) in [5.74, 6) is -0.664. The summed E-state index contributed by atoms with van der Waals surface area (Å²) in [6.45, 7) is 1.52. The molecule has 2 aromatic carbocycles. The second kappa shape index (κ2) is 7.75. The van der Waals surface area contributed by atoms with Crippen molar-refractivity contribution in [2.45, 2.75) is 24.3 Å². The van der Waals surface area contributed by atoms with Crippen LogP contribution in [0.15, 0.2) is 59.5 Å². The van der Waals surface area contributed by atoms with E-state index in [1.165, 1.54) is 43.3 Å². The van der Waals surface area contributed by atoms with Crippen LogP contribution in [0.5, 0.6) is 5.75 Å². The minimum atomic E-state index is -4.10. The van der Waals surface area contributed by atoms with E-state index in [0.29, 0.717) is 0 Å². The highest BCUT2D eigenvalue weighted by Gasteiger charge is 2.27. The number of hydrogen-bond acceptors (Lipinski definition) is 6. The minimum Gasteiger partial charge on any atom is -0.379 e. The van der Waals surface area contributed by atoms with Crippen molar-refractivity contribution in [2.75, 3.05) is 5.32 Å². The van der Waals surface area contributed by atoms with Gasteiger partial charge in [-0.2, -0.15) is 8.42 Å². The number of rotatable bonds is 7. The molecule has 1 N–H and O–H groups in total. The van der Waals surface area contributed by atoms with E-state index in [9.17, 15) is 23.3 Å². The van der Waals surface area contributed by atoms with Gasteiger partial charge in [-0.15, -0.1) is 0 Å². The summed E-state index contributed by atoms with van der Waals surface area (Å²) in [6, 6.07) is 11.9. The molecule has 1 amide bonds. The first-order valence-corrected chi connectivity index (χ1v) is 8.78. The monoisotopic (exact) mass is 364 g/mol. The third-order valence-corrected chi connectivity index (χ3v) is 4.53. The molecular weight excluding hydrogens is 348 g/mol. The Balaban J connectivity index is 2.20. The highest BCUT2D eigenvalue weighted by molar-refractivity contribution is 7.87. The molecule has 25 heavy (non-hydrogen) atoms. The number of nitrogens with zero attached hydrogens (tertiary/aromatic N) is 1. The van der Waals surface area contributed by atoms with Crippen molar-refractivity contribution in [3.05, 3.63) is 64.7 Å². The molecule has 0 spiro atoms. The normalized spacial score (nSPS) is 12.2. The molecule has 0 aliphatic heterocycles. The largest absolute Gasteiger partial charge is 0.379 e. The number of amides is 1. The summed E-state index contributed by atoms with van der Waals surface area (Å²) in [6.07, 6.45) is 0.0218. The average Bonchev–Trinajstić information content (AvgIpc) is 2.56. The van der Waals surface area contributed by atoms with Gasteiger partial charge in [0.05, 0.1) is 0 Å². The molecule has 1 unspecified atom stereocenters. The molecule has 8 nitrogen and oxygen atoms in total. The number of carbonyl (C=O) groups excluding carboxylic acids is 1.